The molecule has 0 saturated heterocycles. The quantitative estimate of drug-likeness (QED) is 0.378. The molecule has 0 radical (unpaired) electrons. The van der Waals surface area contributed by atoms with Gasteiger partial charge in [0, 0.05) is 25.1 Å². The third-order valence-corrected chi connectivity index (χ3v) is 3.56. The largest absolute Gasteiger partial charge is 0.469 e. The van der Waals surface area contributed by atoms with Gasteiger partial charge in [-0.1, -0.05) is 43.0 Å². The van der Waals surface area contributed by atoms with Crippen LogP contribution in [0, 0.1) is 0 Å². The molecule has 0 bridgehead atoms. The summed E-state index contributed by atoms with van der Waals surface area (Å²) in [5.41, 5.74) is 1.62. The summed E-state index contributed by atoms with van der Waals surface area (Å²) in [7, 11) is 1.34. The van der Waals surface area contributed by atoms with E-state index in [-0.39, 0.29) is 18.3 Å². The first kappa shape index (κ1) is 18.7. The molecule has 0 aliphatic carbocycles. The van der Waals surface area contributed by atoms with Crippen molar-refractivity contribution in [3.63, 3.8) is 0 Å². The van der Waals surface area contributed by atoms with Crippen LogP contribution in [0.2, 0.25) is 0 Å². The van der Waals surface area contributed by atoms with Gasteiger partial charge in [0.05, 0.1) is 7.11 Å². The lowest BCUT2D eigenvalue weighted by Gasteiger charge is -2.23. The zero-order chi connectivity index (χ0) is 17.1. The van der Waals surface area contributed by atoms with Gasteiger partial charge in [0.25, 0.3) is 0 Å². The van der Waals surface area contributed by atoms with Crippen LogP contribution in [0.5, 0.6) is 0 Å². The maximum Gasteiger partial charge on any atom is 0.305 e. The van der Waals surface area contributed by atoms with Crippen LogP contribution in [0.4, 0.5) is 0 Å². The van der Waals surface area contributed by atoms with E-state index in [0.29, 0.717) is 25.1 Å². The normalized spacial score (nSPS) is 9.96. The lowest BCUT2D eigenvalue weighted by molar-refractivity contribution is -0.140. The van der Waals surface area contributed by atoms with Crippen LogP contribution in [0.15, 0.2) is 55.1 Å². The average Bonchev–Trinajstić information content (AvgIpc) is 2.59. The Bertz CT molecular complexity index is 537. The topological polar surface area (TPSA) is 46.6 Å². The number of hydrogen-bond donors (Lipinski definition) is 0. The van der Waals surface area contributed by atoms with Crippen molar-refractivity contribution in [3.8, 4) is 0 Å². The predicted octanol–water partition coefficient (Wildman–Crippen LogP) is 3.14. The summed E-state index contributed by atoms with van der Waals surface area (Å²) in [5.74, 6) is -0.437. The predicted molar refractivity (Wildman–Crippen MR) is 91.9 cm³/mol. The van der Waals surface area contributed by atoms with Gasteiger partial charge in [-0.2, -0.15) is 0 Å². The first-order valence-electron chi connectivity index (χ1n) is 7.77. The van der Waals surface area contributed by atoms with E-state index in [0.717, 1.165) is 12.8 Å². The van der Waals surface area contributed by atoms with Crippen LogP contribution in [0.3, 0.4) is 0 Å². The van der Waals surface area contributed by atoms with Gasteiger partial charge in [0.2, 0.25) is 5.91 Å². The number of esters is 1. The van der Waals surface area contributed by atoms with Crippen molar-refractivity contribution in [1.29, 1.82) is 0 Å². The van der Waals surface area contributed by atoms with Crippen molar-refractivity contribution in [1.82, 2.24) is 4.90 Å². The summed E-state index contributed by atoms with van der Waals surface area (Å²) in [6, 6.07) is 10.0. The van der Waals surface area contributed by atoms with Gasteiger partial charge in [-0.05, 0) is 24.8 Å². The molecule has 0 aromatic heterocycles. The zero-order valence-electron chi connectivity index (χ0n) is 13.8. The van der Waals surface area contributed by atoms with Gasteiger partial charge in [-0.3, -0.25) is 9.59 Å². The van der Waals surface area contributed by atoms with Gasteiger partial charge in [0.15, 0.2) is 0 Å². The number of rotatable bonds is 10. The Morgan fingerprint density at radius 3 is 2.48 bits per heavy atom. The number of ether oxygens (including phenoxy) is 1. The second-order valence-corrected chi connectivity index (χ2v) is 5.28. The van der Waals surface area contributed by atoms with E-state index < -0.39 is 0 Å². The molecule has 0 spiro atoms. The van der Waals surface area contributed by atoms with Gasteiger partial charge in [-0.15, -0.1) is 6.58 Å². The molecule has 4 nitrogen and oxygen atoms in total. The summed E-state index contributed by atoms with van der Waals surface area (Å²) in [5, 5.41) is 0. The maximum atomic E-state index is 12.5. The van der Waals surface area contributed by atoms with E-state index in [1.54, 1.807) is 11.0 Å². The van der Waals surface area contributed by atoms with Crippen LogP contribution in [0.1, 0.15) is 24.8 Å². The van der Waals surface area contributed by atoms with E-state index in [4.69, 9.17) is 0 Å². The highest BCUT2D eigenvalue weighted by Gasteiger charge is 2.17. The monoisotopic (exact) mass is 315 g/mol. The Balaban J connectivity index is 2.60. The van der Waals surface area contributed by atoms with Gasteiger partial charge >= 0.3 is 5.97 Å². The molecule has 1 aromatic rings. The number of carbonyl (C=O) groups excluding carboxylic acids is 2. The average molecular weight is 315 g/mol. The molecule has 0 unspecified atom stereocenters. The van der Waals surface area contributed by atoms with Crippen molar-refractivity contribution in [3.05, 3.63) is 60.7 Å². The highest BCUT2D eigenvalue weighted by Crippen LogP contribution is 2.10. The van der Waals surface area contributed by atoms with Crippen LogP contribution in [-0.2, 0) is 20.7 Å². The number of nitrogens with zero attached hydrogens (tertiary/aromatic N) is 1. The Labute approximate surface area is 138 Å². The molecular weight excluding hydrogens is 290 g/mol. The second kappa shape index (κ2) is 10.4. The van der Waals surface area contributed by atoms with Crippen LogP contribution < -0.4 is 0 Å². The SMILES string of the molecule is C=CCCN(CCc1ccccc1)C(=O)C(=C)CCC(=O)OC. The maximum absolute atomic E-state index is 12.5. The fourth-order valence-corrected chi connectivity index (χ4v) is 2.16. The van der Waals surface area contributed by atoms with E-state index in [1.165, 1.54) is 12.7 Å². The molecule has 1 amide bonds. The lowest BCUT2D eigenvalue weighted by atomic mass is 10.1. The van der Waals surface area contributed by atoms with Crippen molar-refractivity contribution >= 4 is 11.9 Å². The molecule has 23 heavy (non-hydrogen) atoms. The highest BCUT2D eigenvalue weighted by atomic mass is 16.5. The molecule has 0 atom stereocenters. The third kappa shape index (κ3) is 6.96. The molecule has 1 rings (SSSR count). The van der Waals surface area contributed by atoms with Gasteiger partial charge in [-0.25, -0.2) is 0 Å². The molecule has 0 heterocycles. The minimum absolute atomic E-state index is 0.105. The molecule has 0 aliphatic heterocycles. The Morgan fingerprint density at radius 1 is 1.17 bits per heavy atom. The number of carbonyl (C=O) groups is 2. The van der Waals surface area contributed by atoms with Crippen LogP contribution in [-0.4, -0.2) is 37.0 Å². The molecule has 124 valence electrons. The Morgan fingerprint density at radius 2 is 1.87 bits per heavy atom. The van der Waals surface area contributed by atoms with Crippen molar-refractivity contribution < 1.29 is 14.3 Å². The summed E-state index contributed by atoms with van der Waals surface area (Å²) in [6.07, 6.45) is 3.80. The summed E-state index contributed by atoms with van der Waals surface area (Å²) < 4.78 is 4.59. The smallest absolute Gasteiger partial charge is 0.305 e. The van der Waals surface area contributed by atoms with Crippen LogP contribution in [0.25, 0.3) is 0 Å². The lowest BCUT2D eigenvalue weighted by Crippen LogP contribution is -2.34. The zero-order valence-corrected chi connectivity index (χ0v) is 13.8. The molecule has 0 saturated carbocycles. The molecular formula is C19H25NO3. The van der Waals surface area contributed by atoms with Crippen molar-refractivity contribution in [2.75, 3.05) is 20.2 Å². The molecule has 4 heteroatoms. The molecule has 0 aliphatic rings. The van der Waals surface area contributed by atoms with Gasteiger partial charge < -0.3 is 9.64 Å². The first-order chi connectivity index (χ1) is 11.1. The Hall–Kier alpha value is -2.36. The second-order valence-electron chi connectivity index (χ2n) is 5.28. The molecule has 0 fully saturated rings. The fraction of sp³-hybridized carbons (Fsp3) is 0.368. The summed E-state index contributed by atoms with van der Waals surface area (Å²) in [4.78, 5) is 25.5. The Kier molecular flexibility index (Phi) is 8.43. The fourth-order valence-electron chi connectivity index (χ4n) is 2.16. The minimum atomic E-state index is -0.333. The standard InChI is InChI=1S/C19H25NO3/c1-4-5-14-20(15-13-17-9-7-6-8-10-17)19(22)16(2)11-12-18(21)23-3/h4,6-10H,1-2,5,11-15H2,3H3. The van der Waals surface area contributed by atoms with Crippen molar-refractivity contribution in [2.45, 2.75) is 25.7 Å². The molecule has 1 aromatic carbocycles. The van der Waals surface area contributed by atoms with E-state index in [1.807, 2.05) is 30.3 Å². The van der Waals surface area contributed by atoms with E-state index >= 15 is 0 Å². The molecule has 0 N–H and O–H groups in total. The number of benzene rings is 1. The number of hydrogen-bond acceptors (Lipinski definition) is 3. The van der Waals surface area contributed by atoms with E-state index in [9.17, 15) is 9.59 Å². The summed E-state index contributed by atoms with van der Waals surface area (Å²) >= 11 is 0. The third-order valence-electron chi connectivity index (χ3n) is 3.56. The minimum Gasteiger partial charge on any atom is -0.469 e. The van der Waals surface area contributed by atoms with Gasteiger partial charge in [0.1, 0.15) is 0 Å². The number of methoxy groups -OCH3 is 1. The van der Waals surface area contributed by atoms with E-state index in [2.05, 4.69) is 17.9 Å². The summed E-state index contributed by atoms with van der Waals surface area (Å²) in [6.45, 7) is 8.75. The van der Waals surface area contributed by atoms with Crippen molar-refractivity contribution in [2.24, 2.45) is 0 Å². The first-order valence-corrected chi connectivity index (χ1v) is 7.77. The van der Waals surface area contributed by atoms with Crippen LogP contribution >= 0.6 is 0 Å². The number of amides is 1. The highest BCUT2D eigenvalue weighted by molar-refractivity contribution is 5.93.